The summed E-state index contributed by atoms with van der Waals surface area (Å²) in [6, 6.07) is 0.0625. The molecular weight excluding hydrogens is 170 g/mol. The van der Waals surface area contributed by atoms with Crippen LogP contribution in [-0.4, -0.2) is 23.0 Å². The van der Waals surface area contributed by atoms with E-state index >= 15 is 0 Å². The molecule has 0 amide bonds. The third-order valence-corrected chi connectivity index (χ3v) is 2.71. The Kier molecular flexibility index (Phi) is 2.53. The van der Waals surface area contributed by atoms with Gasteiger partial charge in [0, 0.05) is 14.3 Å². The molecule has 1 atom stereocenters. The molecule has 1 rings (SSSR count). The number of hydrogen-bond acceptors (Lipinski definition) is 1. The Hall–Kier alpha value is -0.0400. The first-order chi connectivity index (χ1) is 6.98. The zero-order valence-corrected chi connectivity index (χ0v) is 10.6. The maximum absolute atomic E-state index is 8.41. The molecule has 0 aromatic heterocycles. The molecule has 1 aliphatic heterocycles. The van der Waals surface area contributed by atoms with Gasteiger partial charge in [-0.15, -0.1) is 0 Å². The fourth-order valence-electron chi connectivity index (χ4n) is 2.22. The molecule has 0 bridgehead atoms. The highest BCUT2D eigenvalue weighted by Crippen LogP contribution is 2.33. The maximum atomic E-state index is 8.41. The van der Waals surface area contributed by atoms with E-state index in [2.05, 4.69) is 25.7 Å². The van der Waals surface area contributed by atoms with Crippen molar-refractivity contribution >= 4 is 0 Å². The van der Waals surface area contributed by atoms with Crippen molar-refractivity contribution in [2.24, 2.45) is 5.41 Å². The lowest BCUT2D eigenvalue weighted by Gasteiger charge is -2.39. The van der Waals surface area contributed by atoms with Gasteiger partial charge in [0.15, 0.2) is 0 Å². The molecule has 1 aliphatic rings. The lowest BCUT2D eigenvalue weighted by molar-refractivity contribution is 0.0951. The van der Waals surface area contributed by atoms with Gasteiger partial charge in [0.1, 0.15) is 0 Å². The lowest BCUT2D eigenvalue weighted by Crippen LogP contribution is -2.45. The molecular formula is C13H27N. The minimum atomic E-state index is -1.13. The van der Waals surface area contributed by atoms with Crippen LogP contribution in [0.2, 0.25) is 0 Å². The number of nitrogens with zero attached hydrogens (tertiary/aromatic N) is 1. The Bertz CT molecular complexity index is 248. The van der Waals surface area contributed by atoms with E-state index in [1.54, 1.807) is 0 Å². The van der Waals surface area contributed by atoms with Crippen molar-refractivity contribution in [2.75, 3.05) is 6.54 Å². The third-order valence-electron chi connectivity index (χ3n) is 2.71. The van der Waals surface area contributed by atoms with E-state index in [1.165, 1.54) is 0 Å². The summed E-state index contributed by atoms with van der Waals surface area (Å²) in [5.41, 5.74) is -0.231. The van der Waals surface area contributed by atoms with E-state index in [-0.39, 0.29) is 17.0 Å². The van der Waals surface area contributed by atoms with E-state index in [1.807, 2.05) is 20.8 Å². The third kappa shape index (κ3) is 3.27. The molecule has 0 aromatic rings. The van der Waals surface area contributed by atoms with Gasteiger partial charge < -0.3 is 0 Å². The smallest absolute Gasteiger partial charge is 0.0288 e. The van der Waals surface area contributed by atoms with E-state index in [4.69, 9.17) is 2.74 Å². The SMILES string of the molecule is [2H]C([2H])(C1CCCN1C(C)(C)C)C(C)(C)C. The molecule has 1 saturated heterocycles. The van der Waals surface area contributed by atoms with Crippen molar-refractivity contribution in [1.82, 2.24) is 4.90 Å². The summed E-state index contributed by atoms with van der Waals surface area (Å²) in [6.07, 6.45) is 0.982. The fourth-order valence-corrected chi connectivity index (χ4v) is 2.22. The van der Waals surface area contributed by atoms with Crippen molar-refractivity contribution in [3.05, 3.63) is 0 Å². The van der Waals surface area contributed by atoms with Crippen LogP contribution >= 0.6 is 0 Å². The average Bonchev–Trinajstić information content (AvgIpc) is 2.47. The predicted octanol–water partition coefficient (Wildman–Crippen LogP) is 3.69. The first-order valence-electron chi connectivity index (χ1n) is 6.74. The Labute approximate surface area is 92.7 Å². The van der Waals surface area contributed by atoms with Gasteiger partial charge >= 0.3 is 0 Å². The molecule has 84 valence electrons. The van der Waals surface area contributed by atoms with Crippen molar-refractivity contribution in [1.29, 1.82) is 0 Å². The minimum absolute atomic E-state index is 0.0625. The summed E-state index contributed by atoms with van der Waals surface area (Å²) in [5.74, 6) is 0. The zero-order chi connectivity index (χ0) is 12.8. The topological polar surface area (TPSA) is 3.24 Å². The van der Waals surface area contributed by atoms with Gasteiger partial charge in [0.2, 0.25) is 0 Å². The van der Waals surface area contributed by atoms with Crippen LogP contribution in [0.15, 0.2) is 0 Å². The normalized spacial score (nSPS) is 28.9. The van der Waals surface area contributed by atoms with Gasteiger partial charge in [-0.3, -0.25) is 4.90 Å². The molecule has 0 aliphatic carbocycles. The number of hydrogen-bond donors (Lipinski definition) is 0. The van der Waals surface area contributed by atoms with E-state index in [0.29, 0.717) is 0 Å². The summed E-state index contributed by atoms with van der Waals surface area (Å²) in [6.45, 7) is 13.6. The minimum Gasteiger partial charge on any atom is -0.296 e. The first-order valence-corrected chi connectivity index (χ1v) is 5.74. The maximum Gasteiger partial charge on any atom is 0.0288 e. The van der Waals surface area contributed by atoms with Crippen molar-refractivity contribution in [2.45, 2.75) is 72.3 Å². The van der Waals surface area contributed by atoms with Crippen molar-refractivity contribution < 1.29 is 2.74 Å². The summed E-state index contributed by atoms with van der Waals surface area (Å²) in [5, 5.41) is 0. The van der Waals surface area contributed by atoms with E-state index in [0.717, 1.165) is 19.4 Å². The largest absolute Gasteiger partial charge is 0.296 e. The molecule has 14 heavy (non-hydrogen) atoms. The lowest BCUT2D eigenvalue weighted by atomic mass is 9.86. The second kappa shape index (κ2) is 3.84. The van der Waals surface area contributed by atoms with Gasteiger partial charge in [-0.25, -0.2) is 0 Å². The molecule has 0 saturated carbocycles. The highest BCUT2D eigenvalue weighted by atomic mass is 15.2. The zero-order valence-electron chi connectivity index (χ0n) is 12.6. The van der Waals surface area contributed by atoms with Crippen LogP contribution in [0.4, 0.5) is 0 Å². The van der Waals surface area contributed by atoms with Crippen molar-refractivity contribution in [3.63, 3.8) is 0 Å². The highest BCUT2D eigenvalue weighted by molar-refractivity contribution is 4.89. The van der Waals surface area contributed by atoms with Gasteiger partial charge in [-0.2, -0.15) is 0 Å². The van der Waals surface area contributed by atoms with Gasteiger partial charge in [0.25, 0.3) is 0 Å². The van der Waals surface area contributed by atoms with E-state index < -0.39 is 6.37 Å². The summed E-state index contributed by atoms with van der Waals surface area (Å²) >= 11 is 0. The monoisotopic (exact) mass is 199 g/mol. The number of likely N-dealkylation sites (tertiary alicyclic amines) is 1. The molecule has 1 fully saturated rings. The van der Waals surface area contributed by atoms with E-state index in [9.17, 15) is 0 Å². The van der Waals surface area contributed by atoms with Crippen LogP contribution < -0.4 is 0 Å². The Balaban J connectivity index is 2.96. The molecule has 0 spiro atoms. The van der Waals surface area contributed by atoms with Crippen LogP contribution in [-0.2, 0) is 0 Å². The van der Waals surface area contributed by atoms with Crippen molar-refractivity contribution in [3.8, 4) is 0 Å². The second-order valence-corrected chi connectivity index (χ2v) is 6.42. The average molecular weight is 199 g/mol. The number of rotatable bonds is 1. The van der Waals surface area contributed by atoms with Crippen LogP contribution in [0, 0.1) is 5.41 Å². The summed E-state index contributed by atoms with van der Waals surface area (Å²) in [7, 11) is 0. The van der Waals surface area contributed by atoms with Crippen LogP contribution in [0.5, 0.6) is 0 Å². The Morgan fingerprint density at radius 3 is 2.21 bits per heavy atom. The predicted molar refractivity (Wildman–Crippen MR) is 63.6 cm³/mol. The molecule has 1 nitrogen and oxygen atoms in total. The second-order valence-electron chi connectivity index (χ2n) is 6.42. The summed E-state index contributed by atoms with van der Waals surface area (Å²) in [4.78, 5) is 2.35. The molecule has 0 N–H and O–H groups in total. The van der Waals surface area contributed by atoms with Crippen LogP contribution in [0.25, 0.3) is 0 Å². The standard InChI is InChI=1S/C13H27N/c1-12(2,3)10-11-8-7-9-14(11)13(4,5)6/h11H,7-10H2,1-6H3/i10D2. The molecule has 0 aromatic carbocycles. The quantitative estimate of drug-likeness (QED) is 0.622. The Morgan fingerprint density at radius 1 is 1.21 bits per heavy atom. The highest BCUT2D eigenvalue weighted by Gasteiger charge is 2.34. The molecule has 1 heteroatoms. The summed E-state index contributed by atoms with van der Waals surface area (Å²) < 4.78 is 16.8. The van der Waals surface area contributed by atoms with Gasteiger partial charge in [-0.1, -0.05) is 20.8 Å². The first kappa shape index (κ1) is 9.21. The van der Waals surface area contributed by atoms with Crippen LogP contribution in [0.1, 0.15) is 63.5 Å². The fraction of sp³-hybridized carbons (Fsp3) is 1.00. The van der Waals surface area contributed by atoms with Gasteiger partial charge in [0.05, 0.1) is 0 Å². The molecule has 1 unspecified atom stereocenters. The Morgan fingerprint density at radius 2 is 1.79 bits per heavy atom. The molecule has 0 radical (unpaired) electrons. The van der Waals surface area contributed by atoms with Gasteiger partial charge in [-0.05, 0) is 51.9 Å². The van der Waals surface area contributed by atoms with Crippen LogP contribution in [0.3, 0.4) is 0 Å². The molecule has 1 heterocycles.